The van der Waals surface area contributed by atoms with Crippen LogP contribution in [0.3, 0.4) is 0 Å². The molecule has 1 unspecified atom stereocenters. The van der Waals surface area contributed by atoms with Gasteiger partial charge in [-0.05, 0) is 19.5 Å². The standard InChI is InChI=1S/C13H18BrNO3/c1-3-8-12(10(16)7-15-2)9(14)6-11-13(8)18-5-4-17-11/h6,10,15-16H,3-5,7H2,1-2H3. The first-order valence-electron chi connectivity index (χ1n) is 6.12. The van der Waals surface area contributed by atoms with Crippen LogP contribution in [0, 0.1) is 0 Å². The Morgan fingerprint density at radius 1 is 1.44 bits per heavy atom. The summed E-state index contributed by atoms with van der Waals surface area (Å²) in [5.74, 6) is 1.53. The molecule has 1 atom stereocenters. The summed E-state index contributed by atoms with van der Waals surface area (Å²) < 4.78 is 12.1. The molecule has 1 heterocycles. The maximum absolute atomic E-state index is 10.2. The molecule has 0 saturated heterocycles. The molecular weight excluding hydrogens is 298 g/mol. The highest BCUT2D eigenvalue weighted by Gasteiger charge is 2.24. The lowest BCUT2D eigenvalue weighted by Crippen LogP contribution is -2.21. The molecule has 0 fully saturated rings. The van der Waals surface area contributed by atoms with Crippen molar-refractivity contribution in [3.63, 3.8) is 0 Å². The van der Waals surface area contributed by atoms with E-state index in [9.17, 15) is 5.11 Å². The molecular formula is C13H18BrNO3. The number of rotatable bonds is 4. The maximum atomic E-state index is 10.2. The number of aliphatic hydroxyl groups excluding tert-OH is 1. The SMILES string of the molecule is CCc1c2c(cc(Br)c1C(O)CNC)OCCO2. The zero-order valence-electron chi connectivity index (χ0n) is 10.6. The van der Waals surface area contributed by atoms with E-state index in [1.54, 1.807) is 0 Å². The first-order valence-corrected chi connectivity index (χ1v) is 6.91. The van der Waals surface area contributed by atoms with Gasteiger partial charge in [0.05, 0.1) is 6.10 Å². The van der Waals surface area contributed by atoms with Gasteiger partial charge in [0.15, 0.2) is 11.5 Å². The molecule has 100 valence electrons. The van der Waals surface area contributed by atoms with Crippen molar-refractivity contribution in [1.82, 2.24) is 5.32 Å². The number of halogens is 1. The van der Waals surface area contributed by atoms with E-state index in [2.05, 4.69) is 28.2 Å². The summed E-state index contributed by atoms with van der Waals surface area (Å²) in [7, 11) is 1.82. The Labute approximate surface area is 115 Å². The smallest absolute Gasteiger partial charge is 0.164 e. The van der Waals surface area contributed by atoms with Crippen LogP contribution in [0.2, 0.25) is 0 Å². The van der Waals surface area contributed by atoms with E-state index >= 15 is 0 Å². The third-order valence-corrected chi connectivity index (χ3v) is 3.67. The molecule has 4 nitrogen and oxygen atoms in total. The molecule has 0 aromatic heterocycles. The zero-order valence-corrected chi connectivity index (χ0v) is 12.2. The van der Waals surface area contributed by atoms with Crippen LogP contribution in [0.4, 0.5) is 0 Å². The quantitative estimate of drug-likeness (QED) is 0.892. The van der Waals surface area contributed by atoms with Gasteiger partial charge >= 0.3 is 0 Å². The lowest BCUT2D eigenvalue weighted by atomic mass is 9.98. The number of fused-ring (bicyclic) bond motifs is 1. The monoisotopic (exact) mass is 315 g/mol. The van der Waals surface area contributed by atoms with E-state index in [4.69, 9.17) is 9.47 Å². The molecule has 0 aliphatic carbocycles. The average molecular weight is 316 g/mol. The van der Waals surface area contributed by atoms with E-state index in [0.717, 1.165) is 33.5 Å². The number of hydrogen-bond acceptors (Lipinski definition) is 4. The average Bonchev–Trinajstić information content (AvgIpc) is 2.37. The predicted molar refractivity (Wildman–Crippen MR) is 73.4 cm³/mol. The van der Waals surface area contributed by atoms with Crippen LogP contribution in [0.25, 0.3) is 0 Å². The maximum Gasteiger partial charge on any atom is 0.164 e. The van der Waals surface area contributed by atoms with Gasteiger partial charge in [-0.1, -0.05) is 22.9 Å². The first kappa shape index (κ1) is 13.6. The van der Waals surface area contributed by atoms with Gasteiger partial charge in [0, 0.05) is 22.1 Å². The lowest BCUT2D eigenvalue weighted by molar-refractivity contribution is 0.161. The van der Waals surface area contributed by atoms with Crippen molar-refractivity contribution in [1.29, 1.82) is 0 Å². The molecule has 0 saturated carbocycles. The normalized spacial score (nSPS) is 15.6. The molecule has 0 amide bonds. The molecule has 5 heteroatoms. The van der Waals surface area contributed by atoms with Crippen molar-refractivity contribution in [2.24, 2.45) is 0 Å². The second-order valence-corrected chi connectivity index (χ2v) is 5.06. The Hall–Kier alpha value is -0.780. The number of hydrogen-bond donors (Lipinski definition) is 2. The van der Waals surface area contributed by atoms with Crippen molar-refractivity contribution in [3.8, 4) is 11.5 Å². The molecule has 1 aromatic carbocycles. The summed E-state index contributed by atoms with van der Waals surface area (Å²) in [5, 5.41) is 13.2. The fraction of sp³-hybridized carbons (Fsp3) is 0.538. The van der Waals surface area contributed by atoms with Crippen LogP contribution >= 0.6 is 15.9 Å². The second kappa shape index (κ2) is 5.91. The zero-order chi connectivity index (χ0) is 13.1. The minimum absolute atomic E-state index is 0.505. The highest BCUT2D eigenvalue weighted by Crippen LogP contribution is 2.42. The molecule has 2 rings (SSSR count). The Morgan fingerprint density at radius 2 is 2.17 bits per heavy atom. The van der Waals surface area contributed by atoms with E-state index < -0.39 is 6.10 Å². The topological polar surface area (TPSA) is 50.7 Å². The third kappa shape index (κ3) is 2.48. The van der Waals surface area contributed by atoms with Gasteiger partial charge in [-0.2, -0.15) is 0 Å². The van der Waals surface area contributed by atoms with E-state index in [0.29, 0.717) is 19.8 Å². The molecule has 18 heavy (non-hydrogen) atoms. The van der Waals surface area contributed by atoms with Gasteiger partial charge in [0.2, 0.25) is 0 Å². The number of benzene rings is 1. The third-order valence-electron chi connectivity index (χ3n) is 3.01. The summed E-state index contributed by atoms with van der Waals surface area (Å²) in [6.07, 6.45) is 0.233. The number of aliphatic hydroxyl groups is 1. The molecule has 0 spiro atoms. The second-order valence-electron chi connectivity index (χ2n) is 4.20. The molecule has 1 aliphatic rings. The molecule has 0 radical (unpaired) electrons. The van der Waals surface area contributed by atoms with Gasteiger partial charge < -0.3 is 19.9 Å². The Bertz CT molecular complexity index is 437. The largest absolute Gasteiger partial charge is 0.486 e. The first-order chi connectivity index (χ1) is 8.69. The van der Waals surface area contributed by atoms with Gasteiger partial charge in [0.1, 0.15) is 13.2 Å². The Kier molecular flexibility index (Phi) is 4.48. The van der Waals surface area contributed by atoms with Crippen molar-refractivity contribution in [2.45, 2.75) is 19.4 Å². The summed E-state index contributed by atoms with van der Waals surface area (Å²) in [6.45, 7) is 3.69. The van der Waals surface area contributed by atoms with Gasteiger partial charge in [-0.3, -0.25) is 0 Å². The fourth-order valence-electron chi connectivity index (χ4n) is 2.24. The Balaban J connectivity index is 2.51. The van der Waals surface area contributed by atoms with Crippen LogP contribution in [-0.4, -0.2) is 31.9 Å². The van der Waals surface area contributed by atoms with Crippen molar-refractivity contribution in [2.75, 3.05) is 26.8 Å². The highest BCUT2D eigenvalue weighted by molar-refractivity contribution is 9.10. The van der Waals surface area contributed by atoms with Crippen LogP contribution in [-0.2, 0) is 6.42 Å². The van der Waals surface area contributed by atoms with E-state index in [-0.39, 0.29) is 0 Å². The van der Waals surface area contributed by atoms with Gasteiger partial charge in [0.25, 0.3) is 0 Å². The van der Waals surface area contributed by atoms with Crippen LogP contribution in [0.15, 0.2) is 10.5 Å². The van der Waals surface area contributed by atoms with Crippen LogP contribution in [0.1, 0.15) is 24.2 Å². The van der Waals surface area contributed by atoms with E-state index in [1.165, 1.54) is 0 Å². The van der Waals surface area contributed by atoms with Crippen molar-refractivity contribution in [3.05, 3.63) is 21.7 Å². The van der Waals surface area contributed by atoms with Gasteiger partial charge in [-0.15, -0.1) is 0 Å². The Morgan fingerprint density at radius 3 is 2.83 bits per heavy atom. The minimum atomic E-state index is -0.560. The molecule has 2 N–H and O–H groups in total. The summed E-state index contributed by atoms with van der Waals surface area (Å²) >= 11 is 3.51. The minimum Gasteiger partial charge on any atom is -0.486 e. The molecule has 0 bridgehead atoms. The van der Waals surface area contributed by atoms with E-state index in [1.807, 2.05) is 13.1 Å². The van der Waals surface area contributed by atoms with Crippen molar-refractivity contribution >= 4 is 15.9 Å². The van der Waals surface area contributed by atoms with Crippen LogP contribution < -0.4 is 14.8 Å². The van der Waals surface area contributed by atoms with Gasteiger partial charge in [-0.25, -0.2) is 0 Å². The highest BCUT2D eigenvalue weighted by atomic mass is 79.9. The summed E-state index contributed by atoms with van der Waals surface area (Å²) in [5.41, 5.74) is 1.90. The molecule has 1 aromatic rings. The van der Waals surface area contributed by atoms with Crippen molar-refractivity contribution < 1.29 is 14.6 Å². The number of ether oxygens (including phenoxy) is 2. The summed E-state index contributed by atoms with van der Waals surface area (Å²) in [6, 6.07) is 1.88. The van der Waals surface area contributed by atoms with Crippen LogP contribution in [0.5, 0.6) is 11.5 Å². The molecule has 1 aliphatic heterocycles. The number of likely N-dealkylation sites (N-methyl/N-ethyl adjacent to an activating group) is 1. The fourth-order valence-corrected chi connectivity index (χ4v) is 2.95. The lowest BCUT2D eigenvalue weighted by Gasteiger charge is -2.25. The summed E-state index contributed by atoms with van der Waals surface area (Å²) in [4.78, 5) is 0. The predicted octanol–water partition coefficient (Wildman–Crippen LogP) is 2.04. The number of nitrogens with one attached hydrogen (secondary N) is 1.